The molecule has 0 bridgehead atoms. The summed E-state index contributed by atoms with van der Waals surface area (Å²) in [7, 11) is 3.42. The van der Waals surface area contributed by atoms with Crippen molar-refractivity contribution in [2.75, 3.05) is 19.4 Å². The van der Waals surface area contributed by atoms with Crippen molar-refractivity contribution in [1.82, 2.24) is 5.01 Å². The van der Waals surface area contributed by atoms with E-state index in [1.54, 1.807) is 11.3 Å². The van der Waals surface area contributed by atoms with Crippen molar-refractivity contribution in [3.05, 3.63) is 45.6 Å². The van der Waals surface area contributed by atoms with Gasteiger partial charge in [-0.3, -0.25) is 9.80 Å². The Labute approximate surface area is 147 Å². The second-order valence-electron chi connectivity index (χ2n) is 5.90. The van der Waals surface area contributed by atoms with Gasteiger partial charge in [0.05, 0.1) is 5.69 Å². The molecule has 0 unspecified atom stereocenters. The van der Waals surface area contributed by atoms with Gasteiger partial charge in [0.25, 0.3) is 0 Å². The Kier molecular flexibility index (Phi) is 6.63. The van der Waals surface area contributed by atoms with E-state index in [1.165, 1.54) is 35.9 Å². The van der Waals surface area contributed by atoms with Gasteiger partial charge in [-0.2, -0.15) is 0 Å². The molecule has 1 fully saturated rings. The van der Waals surface area contributed by atoms with E-state index < -0.39 is 0 Å². The number of para-hydroxylation sites is 1. The maximum Gasteiger partial charge on any atom is 0.223 e. The van der Waals surface area contributed by atoms with Crippen LogP contribution in [-0.2, 0) is 11.4 Å². The third-order valence-corrected chi connectivity index (χ3v) is 4.67. The minimum absolute atomic E-state index is 0.528. The summed E-state index contributed by atoms with van der Waals surface area (Å²) in [5, 5.41) is 6.35. The molecule has 0 radical (unpaired) electrons. The quantitative estimate of drug-likeness (QED) is 0.363. The number of amides is 1. The van der Waals surface area contributed by atoms with Gasteiger partial charge in [0.15, 0.2) is 0 Å². The second-order valence-corrected chi connectivity index (χ2v) is 6.89. The number of nitrogens with one attached hydrogen (secondary N) is 1. The minimum Gasteiger partial charge on any atom is -0.486 e. The molecule has 2 aromatic rings. The molecule has 0 atom stereocenters. The monoisotopic (exact) mass is 347 g/mol. The molecule has 6 heteroatoms. The zero-order valence-electron chi connectivity index (χ0n) is 14.4. The van der Waals surface area contributed by atoms with E-state index in [2.05, 4.69) is 41.9 Å². The molecule has 5 nitrogen and oxygen atoms in total. The molecular formula is C18H25N3O2S. The first-order chi connectivity index (χ1) is 11.5. The smallest absolute Gasteiger partial charge is 0.223 e. The Morgan fingerprint density at radius 1 is 1.46 bits per heavy atom. The third kappa shape index (κ3) is 5.25. The van der Waals surface area contributed by atoms with Gasteiger partial charge in [-0.25, -0.2) is 5.84 Å². The number of nitrogens with zero attached hydrogens (tertiary/aromatic N) is 1. The van der Waals surface area contributed by atoms with Crippen LogP contribution in [0.1, 0.15) is 34.8 Å². The topological polar surface area (TPSA) is 67.6 Å². The number of nitrogens with two attached hydrogens (primary N) is 1. The molecule has 1 amide bonds. The molecule has 3 rings (SSSR count). The Morgan fingerprint density at radius 2 is 2.17 bits per heavy atom. The predicted molar refractivity (Wildman–Crippen MR) is 99.4 cm³/mol. The van der Waals surface area contributed by atoms with Crippen LogP contribution >= 0.6 is 11.3 Å². The number of hydrazine groups is 1. The summed E-state index contributed by atoms with van der Waals surface area (Å²) in [6, 6.07) is 8.60. The number of anilines is 1. The van der Waals surface area contributed by atoms with E-state index in [4.69, 9.17) is 10.6 Å². The van der Waals surface area contributed by atoms with E-state index >= 15 is 0 Å². The van der Waals surface area contributed by atoms with Gasteiger partial charge < -0.3 is 10.1 Å². The number of thiophene rings is 1. The largest absolute Gasteiger partial charge is 0.486 e. The van der Waals surface area contributed by atoms with Gasteiger partial charge in [-0.05, 0) is 54.3 Å². The van der Waals surface area contributed by atoms with Gasteiger partial charge in [-0.1, -0.05) is 12.1 Å². The number of ether oxygens (including phenoxy) is 1. The molecule has 0 saturated heterocycles. The first-order valence-electron chi connectivity index (χ1n) is 7.95. The third-order valence-electron chi connectivity index (χ3n) is 3.64. The van der Waals surface area contributed by atoms with Gasteiger partial charge >= 0.3 is 0 Å². The summed E-state index contributed by atoms with van der Waals surface area (Å²) in [6.07, 6.45) is 3.11. The van der Waals surface area contributed by atoms with Crippen molar-refractivity contribution >= 4 is 23.4 Å². The molecule has 130 valence electrons. The summed E-state index contributed by atoms with van der Waals surface area (Å²) in [6.45, 7) is 2.79. The van der Waals surface area contributed by atoms with Crippen LogP contribution in [0.15, 0.2) is 29.6 Å². The molecule has 1 aliphatic rings. The fourth-order valence-electron chi connectivity index (χ4n) is 2.34. The number of rotatable bonds is 6. The van der Waals surface area contributed by atoms with E-state index in [0.717, 1.165) is 16.4 Å². The Bertz CT molecular complexity index is 666. The van der Waals surface area contributed by atoms with Crippen LogP contribution < -0.4 is 15.9 Å². The Hall–Kier alpha value is -2.05. The molecule has 0 spiro atoms. The number of carbonyl (C=O) groups is 1. The van der Waals surface area contributed by atoms with E-state index in [0.29, 0.717) is 18.9 Å². The molecule has 1 aromatic heterocycles. The number of hydrogen-bond donors (Lipinski definition) is 2. The van der Waals surface area contributed by atoms with Crippen LogP contribution in [0.5, 0.6) is 5.75 Å². The van der Waals surface area contributed by atoms with Crippen LogP contribution in [0, 0.1) is 6.92 Å². The molecule has 0 aliphatic heterocycles. The van der Waals surface area contributed by atoms with Crippen LogP contribution in [-0.4, -0.2) is 25.5 Å². The summed E-state index contributed by atoms with van der Waals surface area (Å²) in [5.41, 5.74) is 3.77. The summed E-state index contributed by atoms with van der Waals surface area (Å²) in [5.74, 6) is 6.50. The molecule has 3 N–H and O–H groups in total. The van der Waals surface area contributed by atoms with Gasteiger partial charge in [0, 0.05) is 19.0 Å². The molecule has 1 saturated carbocycles. The highest BCUT2D eigenvalue weighted by Gasteiger charge is 2.27. The first-order valence-corrected chi connectivity index (χ1v) is 8.83. The predicted octanol–water partition coefficient (Wildman–Crippen LogP) is 3.50. The number of aryl methyl sites for hydroxylation is 1. The van der Waals surface area contributed by atoms with E-state index in [1.807, 2.05) is 7.05 Å². The maximum absolute atomic E-state index is 9.31. The summed E-state index contributed by atoms with van der Waals surface area (Å²) >= 11 is 1.77. The number of carbonyl (C=O) groups excluding carboxylic acids is 1. The molecule has 1 heterocycles. The van der Waals surface area contributed by atoms with E-state index in [9.17, 15) is 4.79 Å². The Balaban J connectivity index is 0.000000368. The lowest BCUT2D eigenvalue weighted by atomic mass is 10.1. The van der Waals surface area contributed by atoms with Crippen molar-refractivity contribution in [1.29, 1.82) is 0 Å². The van der Waals surface area contributed by atoms with Crippen LogP contribution in [0.2, 0.25) is 0 Å². The van der Waals surface area contributed by atoms with Crippen molar-refractivity contribution in [2.24, 2.45) is 5.84 Å². The number of hydrogen-bond acceptors (Lipinski definition) is 5. The van der Waals surface area contributed by atoms with E-state index in [-0.39, 0.29) is 0 Å². The maximum atomic E-state index is 9.31. The van der Waals surface area contributed by atoms with Crippen molar-refractivity contribution < 1.29 is 9.53 Å². The Morgan fingerprint density at radius 3 is 2.67 bits per heavy atom. The highest BCUT2D eigenvalue weighted by molar-refractivity contribution is 7.10. The molecular weight excluding hydrogens is 322 g/mol. The lowest BCUT2D eigenvalue weighted by molar-refractivity contribution is -0.117. The van der Waals surface area contributed by atoms with Crippen molar-refractivity contribution in [2.45, 2.75) is 32.3 Å². The SMILES string of the molecule is CN(N)C=O.CNc1cccc(C2CC2)c1OCc1cc(C)cs1. The fourth-order valence-corrected chi connectivity index (χ4v) is 3.12. The first kappa shape index (κ1) is 18.3. The zero-order valence-corrected chi connectivity index (χ0v) is 15.2. The normalized spacial score (nSPS) is 12.8. The minimum atomic E-state index is 0.528. The van der Waals surface area contributed by atoms with Crippen LogP contribution in [0.3, 0.4) is 0 Å². The van der Waals surface area contributed by atoms with Crippen LogP contribution in [0.25, 0.3) is 0 Å². The number of benzene rings is 1. The highest BCUT2D eigenvalue weighted by Crippen LogP contribution is 2.46. The standard InChI is InChI=1S/C16H19NOS.C2H6N2O/c1-11-8-13(19-10-11)9-18-16-14(12-6-7-12)4-3-5-15(16)17-2;1-4(3)2-5/h3-5,8,10,12,17H,6-7,9H2,1-2H3;2H,3H2,1H3. The summed E-state index contributed by atoms with van der Waals surface area (Å²) < 4.78 is 6.11. The average Bonchev–Trinajstić information content (AvgIpc) is 3.35. The lowest BCUT2D eigenvalue weighted by Crippen LogP contribution is -2.23. The average molecular weight is 347 g/mol. The lowest BCUT2D eigenvalue weighted by Gasteiger charge is -2.15. The van der Waals surface area contributed by atoms with Gasteiger partial charge in [-0.15, -0.1) is 11.3 Å². The molecule has 1 aliphatic carbocycles. The van der Waals surface area contributed by atoms with Crippen molar-refractivity contribution in [3.63, 3.8) is 0 Å². The van der Waals surface area contributed by atoms with Gasteiger partial charge in [0.1, 0.15) is 12.4 Å². The molecule has 1 aromatic carbocycles. The van der Waals surface area contributed by atoms with Crippen LogP contribution in [0.4, 0.5) is 5.69 Å². The second kappa shape index (κ2) is 8.70. The zero-order chi connectivity index (χ0) is 17.5. The highest BCUT2D eigenvalue weighted by atomic mass is 32.1. The van der Waals surface area contributed by atoms with Crippen molar-refractivity contribution in [3.8, 4) is 5.75 Å². The van der Waals surface area contributed by atoms with Gasteiger partial charge in [0.2, 0.25) is 6.41 Å². The molecule has 24 heavy (non-hydrogen) atoms. The summed E-state index contributed by atoms with van der Waals surface area (Å²) in [4.78, 5) is 10.6. The fraction of sp³-hybridized carbons (Fsp3) is 0.389.